The maximum atomic E-state index is 11.9. The first-order chi connectivity index (χ1) is 12.2. The Morgan fingerprint density at radius 3 is 2.24 bits per heavy atom. The van der Waals surface area contributed by atoms with E-state index in [2.05, 4.69) is 25.6 Å². The number of aromatic nitrogens is 3. The van der Waals surface area contributed by atoms with E-state index in [1.54, 1.807) is 24.4 Å². The van der Waals surface area contributed by atoms with Gasteiger partial charge in [-0.2, -0.15) is 0 Å². The number of hydrogen-bond donors (Lipinski definition) is 2. The summed E-state index contributed by atoms with van der Waals surface area (Å²) >= 11 is 0. The lowest BCUT2D eigenvalue weighted by molar-refractivity contribution is -0.136. The van der Waals surface area contributed by atoms with E-state index in [4.69, 9.17) is 0 Å². The molecule has 0 saturated carbocycles. The molecular formula is C18H15N5O2. The molecule has 124 valence electrons. The van der Waals surface area contributed by atoms with Crippen LogP contribution in [0.1, 0.15) is 5.69 Å². The summed E-state index contributed by atoms with van der Waals surface area (Å²) in [5.41, 5.74) is 1.88. The van der Waals surface area contributed by atoms with Gasteiger partial charge < -0.3 is 10.6 Å². The molecule has 0 aliphatic heterocycles. The molecule has 2 aromatic heterocycles. The number of rotatable bonds is 4. The summed E-state index contributed by atoms with van der Waals surface area (Å²) in [6, 6.07) is 14.8. The van der Waals surface area contributed by atoms with E-state index in [1.165, 1.54) is 12.4 Å². The van der Waals surface area contributed by atoms with Gasteiger partial charge in [-0.15, -0.1) is 0 Å². The molecule has 0 saturated heterocycles. The van der Waals surface area contributed by atoms with Crippen molar-refractivity contribution in [1.29, 1.82) is 0 Å². The fraction of sp³-hybridized carbons (Fsp3) is 0.0556. The Morgan fingerprint density at radius 1 is 0.840 bits per heavy atom. The normalized spacial score (nSPS) is 10.1. The number of amides is 2. The molecule has 0 unspecified atom stereocenters. The second kappa shape index (κ2) is 7.78. The van der Waals surface area contributed by atoms with E-state index < -0.39 is 11.8 Å². The minimum absolute atomic E-state index is 0.177. The quantitative estimate of drug-likeness (QED) is 0.710. The summed E-state index contributed by atoms with van der Waals surface area (Å²) in [4.78, 5) is 36.1. The molecule has 0 fully saturated rings. The van der Waals surface area contributed by atoms with Crippen LogP contribution >= 0.6 is 0 Å². The number of nitrogens with zero attached hydrogens (tertiary/aromatic N) is 3. The minimum Gasteiger partial charge on any atom is -0.342 e. The van der Waals surface area contributed by atoms with Crippen LogP contribution in [0.25, 0.3) is 11.4 Å². The maximum Gasteiger partial charge on any atom is 0.313 e. The molecule has 0 aliphatic rings. The molecule has 0 bridgehead atoms. The zero-order valence-corrected chi connectivity index (χ0v) is 13.2. The van der Waals surface area contributed by atoms with Gasteiger partial charge in [-0.3, -0.25) is 14.6 Å². The predicted octanol–water partition coefficient (Wildman–Crippen LogP) is 1.79. The van der Waals surface area contributed by atoms with Gasteiger partial charge in [0.15, 0.2) is 5.82 Å². The van der Waals surface area contributed by atoms with E-state index in [0.717, 1.165) is 5.56 Å². The van der Waals surface area contributed by atoms with Crippen molar-refractivity contribution in [3.8, 4) is 11.4 Å². The molecule has 0 spiro atoms. The third-order valence-corrected chi connectivity index (χ3v) is 3.30. The summed E-state index contributed by atoms with van der Waals surface area (Å²) in [7, 11) is 0. The number of hydrogen-bond acceptors (Lipinski definition) is 5. The highest BCUT2D eigenvalue weighted by Crippen LogP contribution is 2.14. The van der Waals surface area contributed by atoms with Gasteiger partial charge in [0.2, 0.25) is 0 Å². The molecule has 1 aromatic carbocycles. The van der Waals surface area contributed by atoms with E-state index >= 15 is 0 Å². The van der Waals surface area contributed by atoms with Crippen LogP contribution in [0, 0.1) is 0 Å². The lowest BCUT2D eigenvalue weighted by atomic mass is 10.2. The lowest BCUT2D eigenvalue weighted by Crippen LogP contribution is -2.35. The molecule has 0 aliphatic carbocycles. The van der Waals surface area contributed by atoms with Crippen molar-refractivity contribution in [2.45, 2.75) is 6.54 Å². The second-order valence-electron chi connectivity index (χ2n) is 5.12. The summed E-state index contributed by atoms with van der Waals surface area (Å²) in [6.45, 7) is 0.177. The minimum atomic E-state index is -0.785. The number of nitrogens with one attached hydrogen (secondary N) is 2. The van der Waals surface area contributed by atoms with Crippen LogP contribution in [0.5, 0.6) is 0 Å². The summed E-state index contributed by atoms with van der Waals surface area (Å²) in [6.07, 6.45) is 4.53. The van der Waals surface area contributed by atoms with Crippen molar-refractivity contribution < 1.29 is 9.59 Å². The highest BCUT2D eigenvalue weighted by molar-refractivity contribution is 6.39. The highest BCUT2D eigenvalue weighted by atomic mass is 16.2. The average Bonchev–Trinajstić information content (AvgIpc) is 2.68. The summed E-state index contributed by atoms with van der Waals surface area (Å²) < 4.78 is 0. The van der Waals surface area contributed by atoms with Gasteiger partial charge >= 0.3 is 11.8 Å². The Kier molecular flexibility index (Phi) is 5.06. The smallest absolute Gasteiger partial charge is 0.313 e. The molecule has 25 heavy (non-hydrogen) atoms. The monoisotopic (exact) mass is 333 g/mol. The first kappa shape index (κ1) is 16.3. The molecule has 7 heteroatoms. The van der Waals surface area contributed by atoms with Gasteiger partial charge in [0.25, 0.3) is 0 Å². The van der Waals surface area contributed by atoms with Crippen molar-refractivity contribution >= 4 is 17.5 Å². The molecule has 0 atom stereocenters. The number of benzene rings is 1. The third kappa shape index (κ3) is 4.44. The van der Waals surface area contributed by atoms with Crippen LogP contribution in [0.3, 0.4) is 0 Å². The van der Waals surface area contributed by atoms with E-state index in [1.807, 2.05) is 30.3 Å². The van der Waals surface area contributed by atoms with Crippen LogP contribution in [0.4, 0.5) is 5.69 Å². The summed E-state index contributed by atoms with van der Waals surface area (Å²) in [5, 5.41) is 4.96. The summed E-state index contributed by atoms with van der Waals surface area (Å²) in [5.74, 6) is -0.997. The van der Waals surface area contributed by atoms with Crippen molar-refractivity contribution in [3.63, 3.8) is 0 Å². The largest absolute Gasteiger partial charge is 0.342 e. The van der Waals surface area contributed by atoms with Crippen molar-refractivity contribution in [2.24, 2.45) is 0 Å². The lowest BCUT2D eigenvalue weighted by Gasteiger charge is -2.06. The fourth-order valence-electron chi connectivity index (χ4n) is 2.07. The Labute approximate surface area is 144 Å². The van der Waals surface area contributed by atoms with Gasteiger partial charge in [0, 0.05) is 11.8 Å². The predicted molar refractivity (Wildman–Crippen MR) is 92.2 cm³/mol. The van der Waals surface area contributed by atoms with Crippen molar-refractivity contribution in [1.82, 2.24) is 20.3 Å². The fourth-order valence-corrected chi connectivity index (χ4v) is 2.07. The Bertz CT molecular complexity index is 852. The maximum absolute atomic E-state index is 11.9. The van der Waals surface area contributed by atoms with Gasteiger partial charge in [0.05, 0.1) is 30.3 Å². The van der Waals surface area contributed by atoms with Crippen LogP contribution in [-0.2, 0) is 16.1 Å². The third-order valence-electron chi connectivity index (χ3n) is 3.30. The molecule has 3 rings (SSSR count). The standard InChI is InChI=1S/C18H15N5O2/c24-17(22-10-14-8-4-5-9-19-14)18(25)23-15-11-20-16(21-12-15)13-6-2-1-3-7-13/h1-9,11-12H,10H2,(H,22,24)(H,23,25). The Hall–Kier alpha value is -3.61. The molecule has 3 aromatic rings. The van der Waals surface area contributed by atoms with Crippen molar-refractivity contribution in [2.75, 3.05) is 5.32 Å². The molecule has 2 amide bonds. The molecular weight excluding hydrogens is 318 g/mol. The van der Waals surface area contributed by atoms with E-state index in [0.29, 0.717) is 17.2 Å². The van der Waals surface area contributed by atoms with Gasteiger partial charge in [-0.05, 0) is 12.1 Å². The van der Waals surface area contributed by atoms with Crippen molar-refractivity contribution in [3.05, 3.63) is 72.8 Å². The number of carbonyl (C=O) groups is 2. The number of pyridine rings is 1. The van der Waals surface area contributed by atoms with E-state index in [-0.39, 0.29) is 6.54 Å². The molecule has 2 N–H and O–H groups in total. The molecule has 7 nitrogen and oxygen atoms in total. The number of carbonyl (C=O) groups excluding carboxylic acids is 2. The first-order valence-electron chi connectivity index (χ1n) is 7.59. The molecule has 2 heterocycles. The van der Waals surface area contributed by atoms with Crippen LogP contribution in [0.15, 0.2) is 67.1 Å². The topological polar surface area (TPSA) is 96.9 Å². The molecule has 0 radical (unpaired) electrons. The average molecular weight is 333 g/mol. The van der Waals surface area contributed by atoms with Crippen LogP contribution in [0.2, 0.25) is 0 Å². The van der Waals surface area contributed by atoms with Gasteiger partial charge in [-0.25, -0.2) is 9.97 Å². The number of anilines is 1. The first-order valence-corrected chi connectivity index (χ1v) is 7.59. The van der Waals surface area contributed by atoms with Crippen LogP contribution < -0.4 is 10.6 Å². The Morgan fingerprint density at radius 2 is 1.56 bits per heavy atom. The zero-order valence-electron chi connectivity index (χ0n) is 13.2. The SMILES string of the molecule is O=C(NCc1ccccn1)C(=O)Nc1cnc(-c2ccccc2)nc1. The van der Waals surface area contributed by atoms with E-state index in [9.17, 15) is 9.59 Å². The van der Waals surface area contributed by atoms with Crippen LogP contribution in [-0.4, -0.2) is 26.8 Å². The second-order valence-corrected chi connectivity index (χ2v) is 5.12. The van der Waals surface area contributed by atoms with Gasteiger partial charge in [-0.1, -0.05) is 36.4 Å². The highest BCUT2D eigenvalue weighted by Gasteiger charge is 2.14. The zero-order chi connectivity index (χ0) is 17.5. The van der Waals surface area contributed by atoms with Gasteiger partial charge in [0.1, 0.15) is 0 Å². The Balaban J connectivity index is 1.56.